The number of amides is 1. The molecule has 0 aromatic heterocycles. The van der Waals surface area contributed by atoms with Gasteiger partial charge in [0.05, 0.1) is 19.8 Å². The van der Waals surface area contributed by atoms with Crippen molar-refractivity contribution in [1.82, 2.24) is 5.32 Å². The summed E-state index contributed by atoms with van der Waals surface area (Å²) in [5, 5.41) is 3.01. The van der Waals surface area contributed by atoms with Gasteiger partial charge in [-0.2, -0.15) is 0 Å². The second-order valence-electron chi connectivity index (χ2n) is 5.92. The van der Waals surface area contributed by atoms with E-state index in [2.05, 4.69) is 5.32 Å². The Hall–Kier alpha value is -2.69. The maximum absolute atomic E-state index is 12.6. The first-order valence-corrected chi connectivity index (χ1v) is 8.91. The summed E-state index contributed by atoms with van der Waals surface area (Å²) in [5.74, 6) is 2.08. The number of benzene rings is 2. The summed E-state index contributed by atoms with van der Waals surface area (Å²) in [5.41, 5.74) is 1.01. The lowest BCUT2D eigenvalue weighted by atomic mass is 10.1. The molecular weight excluding hydrogens is 330 g/mol. The molecule has 0 saturated carbocycles. The van der Waals surface area contributed by atoms with Crippen LogP contribution < -0.4 is 19.5 Å². The molecule has 5 heteroatoms. The lowest BCUT2D eigenvalue weighted by Gasteiger charge is -2.21. The molecule has 0 radical (unpaired) electrons. The molecule has 0 spiro atoms. The number of carbonyl (C=O) groups is 1. The number of rotatable bonds is 9. The Morgan fingerprint density at radius 1 is 0.962 bits per heavy atom. The largest absolute Gasteiger partial charge is 0.497 e. The van der Waals surface area contributed by atoms with Crippen molar-refractivity contribution in [2.24, 2.45) is 0 Å². The van der Waals surface area contributed by atoms with Crippen LogP contribution in [0.5, 0.6) is 17.2 Å². The minimum absolute atomic E-state index is 0.119. The number of methoxy groups -OCH3 is 1. The molecule has 2 atom stereocenters. The lowest BCUT2D eigenvalue weighted by Crippen LogP contribution is -2.39. The molecule has 0 aliphatic heterocycles. The number of hydrogen-bond acceptors (Lipinski definition) is 4. The molecule has 0 bridgehead atoms. The topological polar surface area (TPSA) is 56.8 Å². The number of ether oxygens (including phenoxy) is 3. The SMILES string of the molecule is CCOc1ccc([C@H](C)NC(=O)[C@@H](CC)Oc2ccc(OC)cc2)cc1. The quantitative estimate of drug-likeness (QED) is 0.733. The van der Waals surface area contributed by atoms with E-state index >= 15 is 0 Å². The Balaban J connectivity index is 1.96. The third kappa shape index (κ3) is 5.41. The van der Waals surface area contributed by atoms with Crippen molar-refractivity contribution in [2.45, 2.75) is 39.3 Å². The Kier molecular flexibility index (Phi) is 7.33. The zero-order valence-corrected chi connectivity index (χ0v) is 15.8. The van der Waals surface area contributed by atoms with Gasteiger partial charge in [-0.25, -0.2) is 0 Å². The lowest BCUT2D eigenvalue weighted by molar-refractivity contribution is -0.128. The molecule has 0 aliphatic carbocycles. The van der Waals surface area contributed by atoms with Gasteiger partial charge in [0, 0.05) is 0 Å². The van der Waals surface area contributed by atoms with E-state index in [0.717, 1.165) is 17.1 Å². The van der Waals surface area contributed by atoms with Gasteiger partial charge in [-0.3, -0.25) is 4.79 Å². The summed E-state index contributed by atoms with van der Waals surface area (Å²) in [6.45, 7) is 6.46. The highest BCUT2D eigenvalue weighted by molar-refractivity contribution is 5.81. The molecule has 0 unspecified atom stereocenters. The average Bonchev–Trinajstić information content (AvgIpc) is 2.67. The van der Waals surface area contributed by atoms with E-state index in [1.165, 1.54) is 0 Å². The van der Waals surface area contributed by atoms with Crippen LogP contribution in [-0.4, -0.2) is 25.7 Å². The van der Waals surface area contributed by atoms with E-state index in [4.69, 9.17) is 14.2 Å². The second kappa shape index (κ2) is 9.70. The first-order chi connectivity index (χ1) is 12.6. The molecule has 0 fully saturated rings. The van der Waals surface area contributed by atoms with E-state index in [1.54, 1.807) is 19.2 Å². The molecule has 26 heavy (non-hydrogen) atoms. The molecule has 2 aromatic carbocycles. The van der Waals surface area contributed by atoms with Crippen molar-refractivity contribution in [3.8, 4) is 17.2 Å². The van der Waals surface area contributed by atoms with E-state index < -0.39 is 6.10 Å². The standard InChI is InChI=1S/C21H27NO4/c1-5-20(26-19-13-11-17(24-4)12-14-19)21(23)22-15(3)16-7-9-18(10-8-16)25-6-2/h7-15,20H,5-6H2,1-4H3,(H,22,23)/t15-,20+/m0/s1. The number of carbonyl (C=O) groups excluding carboxylic acids is 1. The Bertz CT molecular complexity index is 682. The van der Waals surface area contributed by atoms with Crippen molar-refractivity contribution in [2.75, 3.05) is 13.7 Å². The summed E-state index contributed by atoms with van der Waals surface area (Å²) in [7, 11) is 1.61. The zero-order valence-electron chi connectivity index (χ0n) is 15.8. The highest BCUT2D eigenvalue weighted by atomic mass is 16.5. The van der Waals surface area contributed by atoms with Crippen molar-refractivity contribution in [3.63, 3.8) is 0 Å². The predicted octanol–water partition coefficient (Wildman–Crippen LogP) is 4.13. The van der Waals surface area contributed by atoms with Gasteiger partial charge in [0.2, 0.25) is 0 Å². The monoisotopic (exact) mass is 357 g/mol. The van der Waals surface area contributed by atoms with Crippen LogP contribution in [0.1, 0.15) is 38.8 Å². The van der Waals surface area contributed by atoms with E-state index in [9.17, 15) is 4.79 Å². The highest BCUT2D eigenvalue weighted by Crippen LogP contribution is 2.20. The van der Waals surface area contributed by atoms with Crippen LogP contribution in [0, 0.1) is 0 Å². The van der Waals surface area contributed by atoms with Crippen LogP contribution in [0.4, 0.5) is 0 Å². The molecule has 1 amide bonds. The minimum atomic E-state index is -0.548. The fraction of sp³-hybridized carbons (Fsp3) is 0.381. The van der Waals surface area contributed by atoms with Gasteiger partial charge in [-0.05, 0) is 62.2 Å². The third-order valence-corrected chi connectivity index (χ3v) is 4.05. The van der Waals surface area contributed by atoms with Gasteiger partial charge >= 0.3 is 0 Å². The van der Waals surface area contributed by atoms with Gasteiger partial charge in [-0.1, -0.05) is 19.1 Å². The molecule has 140 valence electrons. The second-order valence-corrected chi connectivity index (χ2v) is 5.92. The maximum atomic E-state index is 12.6. The van der Waals surface area contributed by atoms with Gasteiger partial charge in [-0.15, -0.1) is 0 Å². The van der Waals surface area contributed by atoms with Gasteiger partial charge in [0.1, 0.15) is 17.2 Å². The van der Waals surface area contributed by atoms with Crippen molar-refractivity contribution < 1.29 is 19.0 Å². The van der Waals surface area contributed by atoms with Gasteiger partial charge in [0.25, 0.3) is 5.91 Å². The molecule has 1 N–H and O–H groups in total. The van der Waals surface area contributed by atoms with Gasteiger partial charge < -0.3 is 19.5 Å². The van der Waals surface area contributed by atoms with Crippen LogP contribution in [0.15, 0.2) is 48.5 Å². The van der Waals surface area contributed by atoms with E-state index in [-0.39, 0.29) is 11.9 Å². The summed E-state index contributed by atoms with van der Waals surface area (Å²) in [4.78, 5) is 12.6. The summed E-state index contributed by atoms with van der Waals surface area (Å²) < 4.78 is 16.4. The number of nitrogens with one attached hydrogen (secondary N) is 1. The molecule has 0 aliphatic rings. The predicted molar refractivity (Wildman–Crippen MR) is 102 cm³/mol. The van der Waals surface area contributed by atoms with Crippen LogP contribution in [0.3, 0.4) is 0 Å². The molecule has 5 nitrogen and oxygen atoms in total. The van der Waals surface area contributed by atoms with E-state index in [1.807, 2.05) is 57.2 Å². The normalized spacial score (nSPS) is 12.8. The smallest absolute Gasteiger partial charge is 0.261 e. The van der Waals surface area contributed by atoms with Crippen LogP contribution in [0.25, 0.3) is 0 Å². The molecule has 0 heterocycles. The average molecular weight is 357 g/mol. The van der Waals surface area contributed by atoms with Crippen molar-refractivity contribution in [3.05, 3.63) is 54.1 Å². The summed E-state index contributed by atoms with van der Waals surface area (Å²) in [6.07, 6.45) is 0.0296. The summed E-state index contributed by atoms with van der Waals surface area (Å²) >= 11 is 0. The first-order valence-electron chi connectivity index (χ1n) is 8.91. The van der Waals surface area contributed by atoms with Crippen molar-refractivity contribution >= 4 is 5.91 Å². The first kappa shape index (κ1) is 19.6. The Morgan fingerprint density at radius 2 is 1.54 bits per heavy atom. The van der Waals surface area contributed by atoms with Crippen LogP contribution >= 0.6 is 0 Å². The van der Waals surface area contributed by atoms with Crippen LogP contribution in [0.2, 0.25) is 0 Å². The fourth-order valence-electron chi connectivity index (χ4n) is 2.55. The third-order valence-electron chi connectivity index (χ3n) is 4.05. The zero-order chi connectivity index (χ0) is 18.9. The maximum Gasteiger partial charge on any atom is 0.261 e. The van der Waals surface area contributed by atoms with E-state index in [0.29, 0.717) is 18.8 Å². The van der Waals surface area contributed by atoms with Gasteiger partial charge in [0.15, 0.2) is 6.10 Å². The fourth-order valence-corrected chi connectivity index (χ4v) is 2.55. The molecule has 2 aromatic rings. The molecule has 2 rings (SSSR count). The number of hydrogen-bond donors (Lipinski definition) is 1. The molecular formula is C21H27NO4. The van der Waals surface area contributed by atoms with Crippen molar-refractivity contribution in [1.29, 1.82) is 0 Å². The highest BCUT2D eigenvalue weighted by Gasteiger charge is 2.20. The summed E-state index contributed by atoms with van der Waals surface area (Å²) in [6, 6.07) is 14.8. The Morgan fingerprint density at radius 3 is 2.08 bits per heavy atom. The Labute approximate surface area is 155 Å². The van der Waals surface area contributed by atoms with Crippen LogP contribution in [-0.2, 0) is 4.79 Å². The molecule has 0 saturated heterocycles. The minimum Gasteiger partial charge on any atom is -0.497 e.